The summed E-state index contributed by atoms with van der Waals surface area (Å²) in [7, 11) is 0. The fourth-order valence-corrected chi connectivity index (χ4v) is 4.47. The Morgan fingerprint density at radius 2 is 1.47 bits per heavy atom. The molecule has 1 fully saturated rings. The van der Waals surface area contributed by atoms with Gasteiger partial charge in [0.05, 0.1) is 19.3 Å². The van der Waals surface area contributed by atoms with E-state index in [2.05, 4.69) is 6.58 Å². The zero-order valence-corrected chi connectivity index (χ0v) is 20.3. The maximum absolute atomic E-state index is 15.0. The molecule has 190 valence electrons. The van der Waals surface area contributed by atoms with Crippen molar-refractivity contribution in [3.63, 3.8) is 0 Å². The molecule has 36 heavy (non-hydrogen) atoms. The van der Waals surface area contributed by atoms with Crippen LogP contribution in [0.3, 0.4) is 0 Å². The Hall–Kier alpha value is -3.12. The molecule has 3 aromatic rings. The smallest absolute Gasteiger partial charge is 0.201 e. The van der Waals surface area contributed by atoms with Crippen LogP contribution in [-0.2, 0) is 4.74 Å². The molecule has 1 saturated heterocycles. The first-order valence-electron chi connectivity index (χ1n) is 12.4. The zero-order valence-electron chi connectivity index (χ0n) is 20.3. The van der Waals surface area contributed by atoms with Gasteiger partial charge in [-0.15, -0.1) is 6.58 Å². The monoisotopic (exact) mass is 498 g/mol. The van der Waals surface area contributed by atoms with Crippen LogP contribution in [-0.4, -0.2) is 13.2 Å². The van der Waals surface area contributed by atoms with Gasteiger partial charge in [0.1, 0.15) is 0 Å². The lowest BCUT2D eigenvalue weighted by atomic mass is 9.92. The maximum atomic E-state index is 15.0. The second kappa shape index (κ2) is 11.7. The molecule has 2 atom stereocenters. The SMILES string of the molecule is C=CC1CCC(c2ccc(-c3ccc(-c4ccc(OCCCCC)c(F)c4F)cc3)c(F)c2F)OC1. The minimum absolute atomic E-state index is 0.0641. The van der Waals surface area contributed by atoms with E-state index >= 15 is 4.39 Å². The predicted molar refractivity (Wildman–Crippen MR) is 134 cm³/mol. The first kappa shape index (κ1) is 26.0. The van der Waals surface area contributed by atoms with Gasteiger partial charge >= 0.3 is 0 Å². The standard InChI is InChI=1S/C30H30F4O2/c1-3-5-6-17-35-26-16-14-23(28(32)30(26)34)21-10-8-20(9-11-21)22-12-13-24(29(33)27(22)31)25-15-7-19(4-2)18-36-25/h4,8-14,16,19,25H,2-3,5-7,15,17-18H2,1H3. The summed E-state index contributed by atoms with van der Waals surface area (Å²) < 4.78 is 70.3. The molecular formula is C30H30F4O2. The van der Waals surface area contributed by atoms with Crippen LogP contribution >= 0.6 is 0 Å². The topological polar surface area (TPSA) is 18.5 Å². The number of benzene rings is 3. The van der Waals surface area contributed by atoms with E-state index in [0.29, 0.717) is 30.8 Å². The van der Waals surface area contributed by atoms with Crippen LogP contribution in [0.5, 0.6) is 5.75 Å². The zero-order chi connectivity index (χ0) is 25.7. The summed E-state index contributed by atoms with van der Waals surface area (Å²) in [6, 6.07) is 12.2. The van der Waals surface area contributed by atoms with E-state index in [4.69, 9.17) is 9.47 Å². The summed E-state index contributed by atoms with van der Waals surface area (Å²) in [5, 5.41) is 0. The third-order valence-electron chi connectivity index (χ3n) is 6.66. The van der Waals surface area contributed by atoms with E-state index in [1.165, 1.54) is 18.2 Å². The van der Waals surface area contributed by atoms with E-state index in [1.807, 2.05) is 13.0 Å². The van der Waals surface area contributed by atoms with Gasteiger partial charge in [0.25, 0.3) is 0 Å². The van der Waals surface area contributed by atoms with Gasteiger partial charge < -0.3 is 9.47 Å². The van der Waals surface area contributed by atoms with Crippen molar-refractivity contribution in [1.82, 2.24) is 0 Å². The lowest BCUT2D eigenvalue weighted by molar-refractivity contribution is -0.00732. The fourth-order valence-electron chi connectivity index (χ4n) is 4.47. The van der Waals surface area contributed by atoms with Gasteiger partial charge in [-0.1, -0.05) is 62.2 Å². The van der Waals surface area contributed by atoms with Crippen LogP contribution in [0.25, 0.3) is 22.3 Å². The summed E-state index contributed by atoms with van der Waals surface area (Å²) in [6.07, 6.45) is 5.43. The van der Waals surface area contributed by atoms with Crippen LogP contribution in [0.4, 0.5) is 17.6 Å². The van der Waals surface area contributed by atoms with Gasteiger partial charge in [0.2, 0.25) is 5.82 Å². The van der Waals surface area contributed by atoms with E-state index in [9.17, 15) is 13.2 Å². The van der Waals surface area contributed by atoms with Crippen molar-refractivity contribution >= 4 is 0 Å². The Balaban J connectivity index is 1.52. The van der Waals surface area contributed by atoms with Crippen LogP contribution in [0, 0.1) is 29.2 Å². The summed E-state index contributed by atoms with van der Waals surface area (Å²) in [6.45, 7) is 6.55. The normalized spacial score (nSPS) is 17.7. The Labute approximate surface area is 209 Å². The number of rotatable bonds is 9. The number of hydrogen-bond acceptors (Lipinski definition) is 2. The maximum Gasteiger partial charge on any atom is 0.201 e. The van der Waals surface area contributed by atoms with E-state index in [0.717, 1.165) is 25.7 Å². The Morgan fingerprint density at radius 3 is 2.06 bits per heavy atom. The highest BCUT2D eigenvalue weighted by Gasteiger charge is 2.26. The molecule has 0 N–H and O–H groups in total. The lowest BCUT2D eigenvalue weighted by Gasteiger charge is -2.28. The van der Waals surface area contributed by atoms with Gasteiger partial charge in [-0.2, -0.15) is 4.39 Å². The summed E-state index contributed by atoms with van der Waals surface area (Å²) in [4.78, 5) is 0. The van der Waals surface area contributed by atoms with Crippen LogP contribution in [0.15, 0.2) is 61.2 Å². The van der Waals surface area contributed by atoms with E-state index in [1.54, 1.807) is 30.3 Å². The molecule has 2 unspecified atom stereocenters. The second-order valence-corrected chi connectivity index (χ2v) is 9.10. The molecule has 0 spiro atoms. The van der Waals surface area contributed by atoms with Crippen molar-refractivity contribution in [1.29, 1.82) is 0 Å². The van der Waals surface area contributed by atoms with Gasteiger partial charge in [-0.05, 0) is 42.5 Å². The molecule has 0 aromatic heterocycles. The van der Waals surface area contributed by atoms with Gasteiger partial charge in [0.15, 0.2) is 23.2 Å². The van der Waals surface area contributed by atoms with Gasteiger partial charge in [-0.25, -0.2) is 13.2 Å². The Kier molecular flexibility index (Phi) is 8.47. The predicted octanol–water partition coefficient (Wildman–Crippen LogP) is 8.80. The molecule has 1 aliphatic heterocycles. The van der Waals surface area contributed by atoms with Crippen molar-refractivity contribution in [2.45, 2.75) is 45.1 Å². The quantitative estimate of drug-likeness (QED) is 0.167. The van der Waals surface area contributed by atoms with Crippen molar-refractivity contribution in [3.05, 3.63) is 90.0 Å². The Morgan fingerprint density at radius 1 is 0.833 bits per heavy atom. The van der Waals surface area contributed by atoms with Crippen molar-refractivity contribution in [2.75, 3.05) is 13.2 Å². The molecule has 0 amide bonds. The lowest BCUT2D eigenvalue weighted by Crippen LogP contribution is -2.20. The van der Waals surface area contributed by atoms with Crippen LogP contribution in [0.2, 0.25) is 0 Å². The number of unbranched alkanes of at least 4 members (excludes halogenated alkanes) is 2. The summed E-state index contributed by atoms with van der Waals surface area (Å²) in [5.41, 5.74) is 1.19. The van der Waals surface area contributed by atoms with Gasteiger partial charge in [-0.3, -0.25) is 0 Å². The molecule has 4 rings (SSSR count). The fraction of sp³-hybridized carbons (Fsp3) is 0.333. The molecular weight excluding hydrogens is 468 g/mol. The molecule has 0 bridgehead atoms. The van der Waals surface area contributed by atoms with Crippen LogP contribution < -0.4 is 4.74 Å². The highest BCUT2D eigenvalue weighted by Crippen LogP contribution is 2.37. The van der Waals surface area contributed by atoms with Crippen molar-refractivity contribution < 1.29 is 27.0 Å². The third-order valence-corrected chi connectivity index (χ3v) is 6.66. The molecule has 0 saturated carbocycles. The van der Waals surface area contributed by atoms with Crippen molar-refractivity contribution in [3.8, 4) is 28.0 Å². The van der Waals surface area contributed by atoms with Gasteiger partial charge in [0, 0.05) is 22.6 Å². The number of halogens is 4. The highest BCUT2D eigenvalue weighted by molar-refractivity contribution is 5.71. The molecule has 1 aliphatic rings. The molecule has 6 heteroatoms. The second-order valence-electron chi connectivity index (χ2n) is 9.10. The largest absolute Gasteiger partial charge is 0.490 e. The van der Waals surface area contributed by atoms with Crippen molar-refractivity contribution in [2.24, 2.45) is 5.92 Å². The molecule has 3 aromatic carbocycles. The number of hydrogen-bond donors (Lipinski definition) is 0. The average molecular weight is 499 g/mol. The molecule has 0 radical (unpaired) electrons. The third kappa shape index (κ3) is 5.49. The Bertz CT molecular complexity index is 1200. The molecule has 0 aliphatic carbocycles. The number of ether oxygens (including phenoxy) is 2. The highest BCUT2D eigenvalue weighted by atomic mass is 19.2. The first-order chi connectivity index (χ1) is 17.4. The average Bonchev–Trinajstić information content (AvgIpc) is 2.91. The summed E-state index contributed by atoms with van der Waals surface area (Å²) >= 11 is 0. The minimum Gasteiger partial charge on any atom is -0.490 e. The molecule has 2 nitrogen and oxygen atoms in total. The van der Waals surface area contributed by atoms with E-state index in [-0.39, 0.29) is 28.4 Å². The molecule has 1 heterocycles. The van der Waals surface area contributed by atoms with E-state index < -0.39 is 29.4 Å². The first-order valence-corrected chi connectivity index (χ1v) is 12.4. The summed E-state index contributed by atoms with van der Waals surface area (Å²) in [5.74, 6) is -3.84. The van der Waals surface area contributed by atoms with Crippen LogP contribution in [0.1, 0.15) is 50.7 Å². The minimum atomic E-state index is -1.04.